The number of carbonyl (C=O) groups excluding carboxylic acids is 1. The van der Waals surface area contributed by atoms with Crippen molar-refractivity contribution in [2.45, 2.75) is 46.2 Å². The first kappa shape index (κ1) is 16.7. The highest BCUT2D eigenvalue weighted by Crippen LogP contribution is 2.10. The summed E-state index contributed by atoms with van der Waals surface area (Å²) in [5.74, 6) is 0.0623. The number of rotatable bonds is 8. The van der Waals surface area contributed by atoms with Crippen molar-refractivity contribution in [2.75, 3.05) is 18.4 Å². The number of amides is 1. The predicted octanol–water partition coefficient (Wildman–Crippen LogP) is 2.59. The molecule has 0 aliphatic carbocycles. The van der Waals surface area contributed by atoms with Crippen LogP contribution in [0.1, 0.15) is 39.2 Å². The molecule has 1 aromatic rings. The summed E-state index contributed by atoms with van der Waals surface area (Å²) < 4.78 is 0. The van der Waals surface area contributed by atoms with Gasteiger partial charge in [-0.1, -0.05) is 26.0 Å². The molecule has 3 N–H and O–H groups in total. The lowest BCUT2D eigenvalue weighted by Gasteiger charge is -2.26. The topological polar surface area (TPSA) is 58.4 Å². The van der Waals surface area contributed by atoms with Crippen molar-refractivity contribution in [2.24, 2.45) is 5.73 Å². The van der Waals surface area contributed by atoms with E-state index in [0.29, 0.717) is 19.0 Å². The van der Waals surface area contributed by atoms with Crippen molar-refractivity contribution in [3.63, 3.8) is 0 Å². The van der Waals surface area contributed by atoms with Crippen LogP contribution in [0.5, 0.6) is 0 Å². The molecule has 112 valence electrons. The van der Waals surface area contributed by atoms with Crippen LogP contribution in [-0.4, -0.2) is 29.9 Å². The van der Waals surface area contributed by atoms with Crippen molar-refractivity contribution in [1.82, 2.24) is 4.90 Å². The largest absolute Gasteiger partial charge is 0.326 e. The molecule has 0 saturated carbocycles. The summed E-state index contributed by atoms with van der Waals surface area (Å²) in [6, 6.07) is 8.19. The van der Waals surface area contributed by atoms with Crippen LogP contribution >= 0.6 is 0 Å². The molecule has 0 heterocycles. The van der Waals surface area contributed by atoms with Gasteiger partial charge in [0.25, 0.3) is 0 Å². The van der Waals surface area contributed by atoms with E-state index >= 15 is 0 Å². The van der Waals surface area contributed by atoms with Gasteiger partial charge in [0, 0.05) is 31.2 Å². The van der Waals surface area contributed by atoms with Crippen LogP contribution in [0.25, 0.3) is 0 Å². The Hall–Kier alpha value is -1.39. The van der Waals surface area contributed by atoms with Crippen LogP contribution in [0.15, 0.2) is 24.3 Å². The molecule has 1 aromatic carbocycles. The summed E-state index contributed by atoms with van der Waals surface area (Å²) in [6.07, 6.45) is 1.63. The molecular weight excluding hydrogens is 250 g/mol. The Labute approximate surface area is 122 Å². The summed E-state index contributed by atoms with van der Waals surface area (Å²) in [7, 11) is 0. The zero-order chi connectivity index (χ0) is 15.0. The van der Waals surface area contributed by atoms with Crippen molar-refractivity contribution < 1.29 is 4.79 Å². The van der Waals surface area contributed by atoms with Crippen molar-refractivity contribution >= 4 is 11.6 Å². The molecule has 0 bridgehead atoms. The van der Waals surface area contributed by atoms with E-state index in [1.807, 2.05) is 24.3 Å². The van der Waals surface area contributed by atoms with Crippen molar-refractivity contribution in [3.05, 3.63) is 29.8 Å². The van der Waals surface area contributed by atoms with E-state index in [1.54, 1.807) is 0 Å². The molecule has 0 saturated heterocycles. The maximum Gasteiger partial charge on any atom is 0.225 e. The highest BCUT2D eigenvalue weighted by Gasteiger charge is 2.11. The number of nitrogens with two attached hydrogens (primary N) is 1. The minimum atomic E-state index is 0.0623. The number of nitrogens with one attached hydrogen (secondary N) is 1. The van der Waals surface area contributed by atoms with E-state index in [4.69, 9.17) is 5.73 Å². The van der Waals surface area contributed by atoms with E-state index in [2.05, 4.69) is 31.0 Å². The smallest absolute Gasteiger partial charge is 0.225 e. The van der Waals surface area contributed by atoms with Crippen LogP contribution in [0.2, 0.25) is 0 Å². The summed E-state index contributed by atoms with van der Waals surface area (Å²) in [6.45, 7) is 8.81. The molecule has 0 aliphatic heterocycles. The minimum Gasteiger partial charge on any atom is -0.326 e. The zero-order valence-corrected chi connectivity index (χ0v) is 12.9. The number of carbonyl (C=O) groups is 1. The lowest BCUT2D eigenvalue weighted by atomic mass is 10.2. The molecule has 1 unspecified atom stereocenters. The molecule has 1 amide bonds. The number of hydrogen-bond donors (Lipinski definition) is 2. The van der Waals surface area contributed by atoms with Gasteiger partial charge in [-0.05, 0) is 37.6 Å². The van der Waals surface area contributed by atoms with Gasteiger partial charge >= 0.3 is 0 Å². The Morgan fingerprint density at radius 3 is 2.45 bits per heavy atom. The van der Waals surface area contributed by atoms with E-state index in [0.717, 1.165) is 30.8 Å². The van der Waals surface area contributed by atoms with Gasteiger partial charge in [0.05, 0.1) is 0 Å². The number of benzene rings is 1. The van der Waals surface area contributed by atoms with E-state index in [1.165, 1.54) is 0 Å². The second-order valence-electron chi connectivity index (χ2n) is 5.09. The first-order valence-electron chi connectivity index (χ1n) is 7.43. The molecule has 0 spiro atoms. The Bertz CT molecular complexity index is 403. The Morgan fingerprint density at radius 1 is 1.30 bits per heavy atom. The number of hydrogen-bond acceptors (Lipinski definition) is 3. The number of anilines is 1. The maximum absolute atomic E-state index is 11.9. The fraction of sp³-hybridized carbons (Fsp3) is 0.562. The average Bonchev–Trinajstić information content (AvgIpc) is 2.48. The molecule has 20 heavy (non-hydrogen) atoms. The molecular formula is C16H27N3O. The van der Waals surface area contributed by atoms with Crippen molar-refractivity contribution in [1.29, 1.82) is 0 Å². The monoisotopic (exact) mass is 277 g/mol. The molecule has 1 atom stereocenters. The SMILES string of the molecule is CCC(C)N(CC)CCC(=O)Nc1ccc(CN)cc1. The fourth-order valence-corrected chi connectivity index (χ4v) is 2.14. The second-order valence-corrected chi connectivity index (χ2v) is 5.09. The highest BCUT2D eigenvalue weighted by molar-refractivity contribution is 5.90. The average molecular weight is 277 g/mol. The van der Waals surface area contributed by atoms with Crippen molar-refractivity contribution in [3.8, 4) is 0 Å². The number of nitrogens with zero attached hydrogens (tertiary/aromatic N) is 1. The summed E-state index contributed by atoms with van der Waals surface area (Å²) in [5, 5.41) is 2.92. The van der Waals surface area contributed by atoms with Crippen LogP contribution in [0.4, 0.5) is 5.69 Å². The zero-order valence-electron chi connectivity index (χ0n) is 12.9. The van der Waals surface area contributed by atoms with Gasteiger partial charge in [-0.15, -0.1) is 0 Å². The molecule has 4 nitrogen and oxygen atoms in total. The van der Waals surface area contributed by atoms with Gasteiger partial charge < -0.3 is 16.0 Å². The quantitative estimate of drug-likeness (QED) is 0.768. The third-order valence-corrected chi connectivity index (χ3v) is 3.72. The standard InChI is InChI=1S/C16H27N3O/c1-4-13(3)19(5-2)11-10-16(20)18-15-8-6-14(12-17)7-9-15/h6-9,13H,4-5,10-12,17H2,1-3H3,(H,18,20). The molecule has 0 radical (unpaired) electrons. The normalized spacial score (nSPS) is 12.4. The highest BCUT2D eigenvalue weighted by atomic mass is 16.1. The van der Waals surface area contributed by atoms with E-state index in [9.17, 15) is 4.79 Å². The lowest BCUT2D eigenvalue weighted by molar-refractivity contribution is -0.116. The van der Waals surface area contributed by atoms with Crippen LogP contribution in [0.3, 0.4) is 0 Å². The molecule has 0 fully saturated rings. The van der Waals surface area contributed by atoms with Crippen LogP contribution < -0.4 is 11.1 Å². The van der Waals surface area contributed by atoms with Gasteiger partial charge in [0.2, 0.25) is 5.91 Å². The van der Waals surface area contributed by atoms with E-state index in [-0.39, 0.29) is 5.91 Å². The Kier molecular flexibility index (Phi) is 7.26. The minimum absolute atomic E-state index is 0.0623. The second kappa shape index (κ2) is 8.72. The first-order chi connectivity index (χ1) is 9.60. The Morgan fingerprint density at radius 2 is 1.95 bits per heavy atom. The van der Waals surface area contributed by atoms with Crippen LogP contribution in [0, 0.1) is 0 Å². The predicted molar refractivity (Wildman–Crippen MR) is 84.6 cm³/mol. The van der Waals surface area contributed by atoms with Crippen LogP contribution in [-0.2, 0) is 11.3 Å². The molecule has 4 heteroatoms. The van der Waals surface area contributed by atoms with Gasteiger partial charge in [-0.2, -0.15) is 0 Å². The molecule has 1 rings (SSSR count). The van der Waals surface area contributed by atoms with Gasteiger partial charge in [-0.25, -0.2) is 0 Å². The summed E-state index contributed by atoms with van der Waals surface area (Å²) in [4.78, 5) is 14.3. The molecule has 0 aromatic heterocycles. The summed E-state index contributed by atoms with van der Waals surface area (Å²) in [5.41, 5.74) is 7.44. The Balaban J connectivity index is 2.42. The third kappa shape index (κ3) is 5.31. The van der Waals surface area contributed by atoms with Gasteiger partial charge in [0.15, 0.2) is 0 Å². The lowest BCUT2D eigenvalue weighted by Crippen LogP contribution is -2.35. The first-order valence-corrected chi connectivity index (χ1v) is 7.43. The maximum atomic E-state index is 11.9. The summed E-state index contributed by atoms with van der Waals surface area (Å²) >= 11 is 0. The molecule has 0 aliphatic rings. The third-order valence-electron chi connectivity index (χ3n) is 3.72. The van der Waals surface area contributed by atoms with Gasteiger partial charge in [-0.3, -0.25) is 4.79 Å². The fourth-order valence-electron chi connectivity index (χ4n) is 2.14. The van der Waals surface area contributed by atoms with Gasteiger partial charge in [0.1, 0.15) is 0 Å². The van der Waals surface area contributed by atoms with E-state index < -0.39 is 0 Å².